The number of aliphatic hydroxyl groups excluding tert-OH is 2. The smallest absolute Gasteiger partial charge is 0.274 e. The minimum absolute atomic E-state index is 0.0400. The van der Waals surface area contributed by atoms with Crippen LogP contribution in [0.4, 0.5) is 18.9 Å². The Hall–Kier alpha value is -3.54. The summed E-state index contributed by atoms with van der Waals surface area (Å²) < 4.78 is 49.6. The normalized spacial score (nSPS) is 20.1. The molecule has 1 amide bonds. The number of hydrogen-bond donors (Lipinski definition) is 4. The third-order valence-corrected chi connectivity index (χ3v) is 6.54. The highest BCUT2D eigenvalue weighted by Gasteiger charge is 2.28. The Balaban J connectivity index is 1.62. The number of benzene rings is 1. The summed E-state index contributed by atoms with van der Waals surface area (Å²) in [6.45, 7) is 1.02. The molecule has 2 heterocycles. The van der Waals surface area contributed by atoms with Gasteiger partial charge in [0.25, 0.3) is 5.91 Å². The summed E-state index contributed by atoms with van der Waals surface area (Å²) in [7, 11) is 0. The molecular weight excluding hydrogens is 501 g/mol. The van der Waals surface area contributed by atoms with E-state index in [1.54, 1.807) is 6.20 Å². The van der Waals surface area contributed by atoms with E-state index in [0.29, 0.717) is 11.6 Å². The highest BCUT2D eigenvalue weighted by Crippen LogP contribution is 2.38. The lowest BCUT2D eigenvalue weighted by Gasteiger charge is -2.32. The van der Waals surface area contributed by atoms with Gasteiger partial charge in [-0.3, -0.25) is 9.78 Å². The van der Waals surface area contributed by atoms with Gasteiger partial charge in [-0.25, -0.2) is 18.2 Å². The number of anilines is 1. The van der Waals surface area contributed by atoms with Crippen molar-refractivity contribution in [2.24, 2.45) is 11.7 Å². The molecule has 2 aromatic heterocycles. The number of rotatable bonds is 8. The van der Waals surface area contributed by atoms with Gasteiger partial charge in [0.2, 0.25) is 0 Å². The van der Waals surface area contributed by atoms with E-state index in [4.69, 9.17) is 15.6 Å². The molecule has 4 rings (SSSR count). The van der Waals surface area contributed by atoms with Gasteiger partial charge >= 0.3 is 0 Å². The van der Waals surface area contributed by atoms with E-state index < -0.39 is 59.7 Å². The zero-order valence-corrected chi connectivity index (χ0v) is 20.7. The lowest BCUT2D eigenvalue weighted by atomic mass is 9.76. The first-order valence-corrected chi connectivity index (χ1v) is 12.2. The maximum Gasteiger partial charge on any atom is 0.274 e. The number of halogens is 3. The maximum absolute atomic E-state index is 15.1. The van der Waals surface area contributed by atoms with Gasteiger partial charge in [-0.15, -0.1) is 0 Å². The number of carbonyl (C=O) groups is 1. The maximum atomic E-state index is 15.1. The van der Waals surface area contributed by atoms with Crippen molar-refractivity contribution in [3.8, 4) is 17.0 Å². The van der Waals surface area contributed by atoms with E-state index in [2.05, 4.69) is 22.2 Å². The van der Waals surface area contributed by atoms with E-state index >= 15 is 4.39 Å². The van der Waals surface area contributed by atoms with Crippen LogP contribution < -0.4 is 15.8 Å². The van der Waals surface area contributed by atoms with E-state index in [-0.39, 0.29) is 17.7 Å². The summed E-state index contributed by atoms with van der Waals surface area (Å²) in [6.07, 6.45) is 4.41. The fraction of sp³-hybridized carbons (Fsp3) is 0.370. The molecule has 4 atom stereocenters. The molecule has 0 aliphatic heterocycles. The summed E-state index contributed by atoms with van der Waals surface area (Å²) >= 11 is 0. The molecule has 5 N–H and O–H groups in total. The predicted octanol–water partition coefficient (Wildman–Crippen LogP) is 3.78. The van der Waals surface area contributed by atoms with Crippen LogP contribution in [0, 0.1) is 23.4 Å². The molecule has 1 saturated carbocycles. The van der Waals surface area contributed by atoms with Gasteiger partial charge < -0.3 is 26.0 Å². The van der Waals surface area contributed by atoms with Crippen molar-refractivity contribution in [1.29, 1.82) is 0 Å². The van der Waals surface area contributed by atoms with Crippen molar-refractivity contribution < 1.29 is 32.9 Å². The second-order valence-corrected chi connectivity index (χ2v) is 9.60. The Morgan fingerprint density at radius 3 is 2.66 bits per heavy atom. The Morgan fingerprint density at radius 1 is 1.16 bits per heavy atom. The van der Waals surface area contributed by atoms with Crippen molar-refractivity contribution in [2.45, 2.75) is 44.2 Å². The number of pyridine rings is 2. The number of ether oxygens (including phenoxy) is 1. The van der Waals surface area contributed by atoms with Gasteiger partial charge in [-0.1, -0.05) is 6.92 Å². The quantitative estimate of drug-likeness (QED) is 0.349. The summed E-state index contributed by atoms with van der Waals surface area (Å²) in [4.78, 5) is 21.1. The van der Waals surface area contributed by atoms with Crippen molar-refractivity contribution in [3.05, 3.63) is 71.4 Å². The third kappa shape index (κ3) is 6.12. The van der Waals surface area contributed by atoms with Gasteiger partial charge in [-0.2, -0.15) is 0 Å². The topological polar surface area (TPSA) is 131 Å². The molecule has 0 unspecified atom stereocenters. The highest BCUT2D eigenvalue weighted by molar-refractivity contribution is 6.03. The molecule has 0 bridgehead atoms. The van der Waals surface area contributed by atoms with Gasteiger partial charge in [0.15, 0.2) is 11.6 Å². The van der Waals surface area contributed by atoms with Crippen LogP contribution in [0.5, 0.6) is 5.75 Å². The zero-order valence-electron chi connectivity index (χ0n) is 20.7. The lowest BCUT2D eigenvalue weighted by Crippen LogP contribution is -2.31. The van der Waals surface area contributed by atoms with Crippen LogP contribution >= 0.6 is 0 Å². The third-order valence-electron chi connectivity index (χ3n) is 6.54. The van der Waals surface area contributed by atoms with Crippen molar-refractivity contribution >= 4 is 11.6 Å². The van der Waals surface area contributed by atoms with E-state index in [9.17, 15) is 18.7 Å². The molecule has 1 aliphatic carbocycles. The van der Waals surface area contributed by atoms with Gasteiger partial charge in [0.1, 0.15) is 35.7 Å². The van der Waals surface area contributed by atoms with Crippen molar-refractivity contribution in [1.82, 2.24) is 9.97 Å². The lowest BCUT2D eigenvalue weighted by molar-refractivity contribution is 0.0523. The van der Waals surface area contributed by atoms with Crippen LogP contribution in [-0.4, -0.2) is 51.4 Å². The second-order valence-electron chi connectivity index (χ2n) is 9.60. The number of nitrogens with two attached hydrogens (primary N) is 1. The summed E-state index contributed by atoms with van der Waals surface area (Å²) in [5.74, 6) is -4.12. The fourth-order valence-electron chi connectivity index (χ4n) is 4.81. The number of aromatic nitrogens is 2. The molecule has 0 saturated heterocycles. The highest BCUT2D eigenvalue weighted by atomic mass is 19.1. The summed E-state index contributed by atoms with van der Waals surface area (Å²) in [6, 6.07) is 5.68. The standard InChI is InChI=1S/C27H29F3N4O4/c1-14-8-15(10-16(31)9-14)18-6-7-32-11-22(18)34-27(37)21-4-2-20(29)26(33-21)24-19(28)3-5-23(25(24)30)38-13-17(36)12-35/h2-7,11,14-17,35-36H,8-10,12-13,31H2,1H3,(H,34,37)/t14-,15+,16+,17+/m0/s1. The molecule has 38 heavy (non-hydrogen) atoms. The van der Waals surface area contributed by atoms with E-state index in [1.165, 1.54) is 6.20 Å². The molecule has 202 valence electrons. The van der Waals surface area contributed by atoms with Crippen molar-refractivity contribution in [3.63, 3.8) is 0 Å². The van der Waals surface area contributed by atoms with Crippen LogP contribution in [0.2, 0.25) is 0 Å². The zero-order chi connectivity index (χ0) is 27.4. The Labute approximate surface area is 217 Å². The molecule has 1 aliphatic rings. The Bertz CT molecular complexity index is 1300. The molecular formula is C27H29F3N4O4. The number of nitrogens with zero attached hydrogens (tertiary/aromatic N) is 2. The predicted molar refractivity (Wildman–Crippen MR) is 134 cm³/mol. The first-order chi connectivity index (χ1) is 18.2. The number of hydrogen-bond acceptors (Lipinski definition) is 7. The van der Waals surface area contributed by atoms with Gasteiger partial charge in [0, 0.05) is 12.2 Å². The minimum Gasteiger partial charge on any atom is -0.488 e. The van der Waals surface area contributed by atoms with Crippen LogP contribution in [0.1, 0.15) is 48.2 Å². The molecule has 0 spiro atoms. The summed E-state index contributed by atoms with van der Waals surface area (Å²) in [5.41, 5.74) is 5.70. The Morgan fingerprint density at radius 2 is 1.92 bits per heavy atom. The average molecular weight is 531 g/mol. The van der Waals surface area contributed by atoms with Crippen LogP contribution in [-0.2, 0) is 0 Å². The van der Waals surface area contributed by atoms with Gasteiger partial charge in [-0.05, 0) is 67.0 Å². The van der Waals surface area contributed by atoms with Crippen molar-refractivity contribution in [2.75, 3.05) is 18.5 Å². The van der Waals surface area contributed by atoms with Crippen LogP contribution in [0.3, 0.4) is 0 Å². The first-order valence-electron chi connectivity index (χ1n) is 12.2. The SMILES string of the molecule is C[C@@H]1C[C@@H](N)C[C@H](c2ccncc2NC(=O)c2ccc(F)c(-c3c(F)ccc(OC[C@H](O)CO)c3F)n2)C1. The average Bonchev–Trinajstić information content (AvgIpc) is 2.88. The molecule has 1 aromatic carbocycles. The number of carbonyl (C=O) groups excluding carboxylic acids is 1. The molecule has 3 aromatic rings. The molecule has 0 radical (unpaired) electrons. The van der Waals surface area contributed by atoms with Crippen LogP contribution in [0.15, 0.2) is 42.7 Å². The largest absolute Gasteiger partial charge is 0.488 e. The Kier molecular flexibility index (Phi) is 8.60. The molecule has 11 heteroatoms. The molecule has 1 fully saturated rings. The van der Waals surface area contributed by atoms with Gasteiger partial charge in [0.05, 0.1) is 24.1 Å². The van der Waals surface area contributed by atoms with E-state index in [0.717, 1.165) is 49.1 Å². The van der Waals surface area contributed by atoms with Crippen LogP contribution in [0.25, 0.3) is 11.3 Å². The van der Waals surface area contributed by atoms with E-state index in [1.807, 2.05) is 6.07 Å². The number of aliphatic hydroxyl groups is 2. The molecule has 8 nitrogen and oxygen atoms in total. The number of amides is 1. The minimum atomic E-state index is -1.30. The fourth-order valence-corrected chi connectivity index (χ4v) is 4.81. The number of nitrogens with one attached hydrogen (secondary N) is 1. The first kappa shape index (κ1) is 27.5. The monoisotopic (exact) mass is 530 g/mol. The second kappa shape index (κ2) is 11.9. The summed E-state index contributed by atoms with van der Waals surface area (Å²) in [5, 5.41) is 21.1.